The SMILES string of the molecule is Cc1ncc(N2CCN3C(=O)OCC3C2)c(C#N)n1. The molecule has 2 aliphatic rings. The fourth-order valence-corrected chi connectivity index (χ4v) is 2.48. The molecule has 1 aromatic heterocycles. The zero-order valence-corrected chi connectivity index (χ0v) is 10.5. The van der Waals surface area contributed by atoms with Crippen molar-refractivity contribution in [1.29, 1.82) is 5.26 Å². The number of hydrogen-bond donors (Lipinski definition) is 0. The van der Waals surface area contributed by atoms with Crippen LogP contribution in [-0.2, 0) is 4.74 Å². The Morgan fingerprint density at radius 2 is 2.37 bits per heavy atom. The number of anilines is 1. The second kappa shape index (κ2) is 4.39. The minimum absolute atomic E-state index is 0.0501. The van der Waals surface area contributed by atoms with Gasteiger partial charge in [-0.3, -0.25) is 4.90 Å². The first-order valence-corrected chi connectivity index (χ1v) is 6.11. The first kappa shape index (κ1) is 11.7. The second-order valence-electron chi connectivity index (χ2n) is 4.63. The predicted octanol–water partition coefficient (Wildman–Crippen LogP) is 0.298. The highest BCUT2D eigenvalue weighted by Crippen LogP contribution is 2.24. The number of aromatic nitrogens is 2. The van der Waals surface area contributed by atoms with Crippen molar-refractivity contribution in [2.75, 3.05) is 31.1 Å². The van der Waals surface area contributed by atoms with Gasteiger partial charge in [0.15, 0.2) is 5.69 Å². The third kappa shape index (κ3) is 1.95. The first-order valence-electron chi connectivity index (χ1n) is 6.11. The van der Waals surface area contributed by atoms with E-state index >= 15 is 0 Å². The lowest BCUT2D eigenvalue weighted by atomic mass is 10.2. The number of piperazine rings is 1. The molecule has 0 radical (unpaired) electrons. The van der Waals surface area contributed by atoms with Crippen molar-refractivity contribution in [2.45, 2.75) is 13.0 Å². The molecule has 1 amide bonds. The topological polar surface area (TPSA) is 82.4 Å². The van der Waals surface area contributed by atoms with Crippen molar-refractivity contribution in [2.24, 2.45) is 0 Å². The number of fused-ring (bicyclic) bond motifs is 1. The molecular weight excluding hydrogens is 246 g/mol. The second-order valence-corrected chi connectivity index (χ2v) is 4.63. The Labute approximate surface area is 110 Å². The van der Waals surface area contributed by atoms with Crippen molar-refractivity contribution >= 4 is 11.8 Å². The maximum absolute atomic E-state index is 11.4. The summed E-state index contributed by atoms with van der Waals surface area (Å²) in [4.78, 5) is 23.5. The van der Waals surface area contributed by atoms with E-state index in [-0.39, 0.29) is 12.1 Å². The average Bonchev–Trinajstić information content (AvgIpc) is 2.79. The van der Waals surface area contributed by atoms with Crippen molar-refractivity contribution in [3.8, 4) is 6.07 Å². The number of nitrogens with zero attached hydrogens (tertiary/aromatic N) is 5. The summed E-state index contributed by atoms with van der Waals surface area (Å²) in [5.74, 6) is 0.582. The van der Waals surface area contributed by atoms with Gasteiger partial charge in [-0.15, -0.1) is 0 Å². The lowest BCUT2D eigenvalue weighted by molar-refractivity contribution is 0.157. The van der Waals surface area contributed by atoms with Crippen molar-refractivity contribution in [3.05, 3.63) is 17.7 Å². The van der Waals surface area contributed by atoms with Gasteiger partial charge in [0.2, 0.25) is 0 Å². The monoisotopic (exact) mass is 259 g/mol. The maximum Gasteiger partial charge on any atom is 0.410 e. The van der Waals surface area contributed by atoms with E-state index in [1.54, 1.807) is 18.0 Å². The summed E-state index contributed by atoms with van der Waals surface area (Å²) in [6.45, 7) is 4.07. The van der Waals surface area contributed by atoms with Gasteiger partial charge < -0.3 is 9.64 Å². The van der Waals surface area contributed by atoms with Crippen LogP contribution in [0.5, 0.6) is 0 Å². The Hall–Kier alpha value is -2.36. The number of aryl methyl sites for hydroxylation is 1. The molecule has 1 aromatic rings. The molecule has 3 rings (SSSR count). The minimum Gasteiger partial charge on any atom is -0.447 e. The van der Waals surface area contributed by atoms with Crippen LogP contribution in [0.15, 0.2) is 6.20 Å². The number of carbonyl (C=O) groups is 1. The van der Waals surface area contributed by atoms with Gasteiger partial charge in [0.05, 0.1) is 17.9 Å². The van der Waals surface area contributed by atoms with E-state index in [1.807, 2.05) is 4.90 Å². The van der Waals surface area contributed by atoms with Gasteiger partial charge in [-0.25, -0.2) is 14.8 Å². The van der Waals surface area contributed by atoms with Gasteiger partial charge in [0, 0.05) is 19.6 Å². The molecular formula is C12H13N5O2. The number of ether oxygens (including phenoxy) is 1. The van der Waals surface area contributed by atoms with Gasteiger partial charge in [-0.1, -0.05) is 0 Å². The minimum atomic E-state index is -0.245. The number of cyclic esters (lactones) is 1. The smallest absolute Gasteiger partial charge is 0.410 e. The van der Waals surface area contributed by atoms with Crippen LogP contribution in [0, 0.1) is 18.3 Å². The Bertz CT molecular complexity index is 568. The fraction of sp³-hybridized carbons (Fsp3) is 0.500. The van der Waals surface area contributed by atoms with Gasteiger partial charge in [-0.05, 0) is 6.92 Å². The quantitative estimate of drug-likeness (QED) is 0.721. The van der Waals surface area contributed by atoms with Gasteiger partial charge >= 0.3 is 6.09 Å². The summed E-state index contributed by atoms with van der Waals surface area (Å²) in [5, 5.41) is 9.15. The van der Waals surface area contributed by atoms with Crippen LogP contribution in [0.3, 0.4) is 0 Å². The summed E-state index contributed by atoms with van der Waals surface area (Å²) >= 11 is 0. The molecule has 1 atom stereocenters. The highest BCUT2D eigenvalue weighted by molar-refractivity contribution is 5.71. The van der Waals surface area contributed by atoms with E-state index in [0.717, 1.165) is 5.69 Å². The maximum atomic E-state index is 11.4. The number of rotatable bonds is 1. The molecule has 7 nitrogen and oxygen atoms in total. The standard InChI is InChI=1S/C12H13N5O2/c1-8-14-5-11(10(4-13)15-8)16-2-3-17-9(6-16)7-19-12(17)18/h5,9H,2-3,6-7H2,1H3. The van der Waals surface area contributed by atoms with Crippen LogP contribution in [0.4, 0.5) is 10.5 Å². The summed E-state index contributed by atoms with van der Waals surface area (Å²) in [6.07, 6.45) is 1.43. The predicted molar refractivity (Wildman–Crippen MR) is 65.5 cm³/mol. The van der Waals surface area contributed by atoms with Crippen molar-refractivity contribution < 1.29 is 9.53 Å². The molecule has 2 fully saturated rings. The molecule has 0 aliphatic carbocycles. The Morgan fingerprint density at radius 1 is 1.53 bits per heavy atom. The Balaban J connectivity index is 1.85. The summed E-state index contributed by atoms with van der Waals surface area (Å²) in [6, 6.07) is 2.15. The summed E-state index contributed by atoms with van der Waals surface area (Å²) in [7, 11) is 0. The molecule has 3 heterocycles. The molecule has 0 bridgehead atoms. The molecule has 7 heteroatoms. The van der Waals surface area contributed by atoms with E-state index in [4.69, 9.17) is 10.00 Å². The fourth-order valence-electron chi connectivity index (χ4n) is 2.48. The molecule has 0 spiro atoms. The van der Waals surface area contributed by atoms with Crippen LogP contribution in [0.2, 0.25) is 0 Å². The van der Waals surface area contributed by atoms with Gasteiger partial charge in [-0.2, -0.15) is 5.26 Å². The third-order valence-electron chi connectivity index (χ3n) is 3.45. The highest BCUT2D eigenvalue weighted by atomic mass is 16.6. The third-order valence-corrected chi connectivity index (χ3v) is 3.45. The lowest BCUT2D eigenvalue weighted by Gasteiger charge is -2.36. The number of amides is 1. The van der Waals surface area contributed by atoms with Gasteiger partial charge in [0.1, 0.15) is 18.5 Å². The summed E-state index contributed by atoms with van der Waals surface area (Å²) in [5.41, 5.74) is 1.11. The molecule has 0 saturated carbocycles. The molecule has 0 N–H and O–H groups in total. The number of nitriles is 1. The van der Waals surface area contributed by atoms with Crippen LogP contribution in [0.25, 0.3) is 0 Å². The Kier molecular flexibility index (Phi) is 2.71. The largest absolute Gasteiger partial charge is 0.447 e. The molecule has 98 valence electrons. The van der Waals surface area contributed by atoms with E-state index in [9.17, 15) is 4.79 Å². The van der Waals surface area contributed by atoms with Crippen LogP contribution in [0.1, 0.15) is 11.5 Å². The number of hydrogen-bond acceptors (Lipinski definition) is 6. The molecule has 0 aromatic carbocycles. The first-order chi connectivity index (χ1) is 9.19. The van der Waals surface area contributed by atoms with Crippen molar-refractivity contribution in [1.82, 2.24) is 14.9 Å². The summed E-state index contributed by atoms with van der Waals surface area (Å²) < 4.78 is 5.02. The zero-order valence-electron chi connectivity index (χ0n) is 10.5. The van der Waals surface area contributed by atoms with Crippen LogP contribution >= 0.6 is 0 Å². The van der Waals surface area contributed by atoms with Crippen molar-refractivity contribution in [3.63, 3.8) is 0 Å². The van der Waals surface area contributed by atoms with E-state index in [0.29, 0.717) is 37.8 Å². The Morgan fingerprint density at radius 3 is 3.16 bits per heavy atom. The molecule has 2 saturated heterocycles. The van der Waals surface area contributed by atoms with E-state index < -0.39 is 0 Å². The molecule has 19 heavy (non-hydrogen) atoms. The highest BCUT2D eigenvalue weighted by Gasteiger charge is 2.38. The lowest BCUT2D eigenvalue weighted by Crippen LogP contribution is -2.52. The van der Waals surface area contributed by atoms with Gasteiger partial charge in [0.25, 0.3) is 0 Å². The van der Waals surface area contributed by atoms with E-state index in [2.05, 4.69) is 16.0 Å². The van der Waals surface area contributed by atoms with Crippen LogP contribution < -0.4 is 4.90 Å². The molecule has 2 aliphatic heterocycles. The molecule has 1 unspecified atom stereocenters. The average molecular weight is 259 g/mol. The number of carbonyl (C=O) groups excluding carboxylic acids is 1. The van der Waals surface area contributed by atoms with E-state index in [1.165, 1.54) is 0 Å². The van der Waals surface area contributed by atoms with Crippen LogP contribution in [-0.4, -0.2) is 53.2 Å². The normalized spacial score (nSPS) is 21.9. The zero-order chi connectivity index (χ0) is 13.4.